The molecule has 0 atom stereocenters. The van der Waals surface area contributed by atoms with Crippen molar-refractivity contribution in [3.05, 3.63) is 54.1 Å². The van der Waals surface area contributed by atoms with Gasteiger partial charge in [0.25, 0.3) is 0 Å². The third-order valence-electron chi connectivity index (χ3n) is 2.67. The highest BCUT2D eigenvalue weighted by Crippen LogP contribution is 2.26. The Balaban J connectivity index is 2.27. The normalized spacial score (nSPS) is 9.79. The minimum Gasteiger partial charge on any atom is -0.496 e. The van der Waals surface area contributed by atoms with Gasteiger partial charge in [0.05, 0.1) is 14.2 Å². The van der Waals surface area contributed by atoms with E-state index in [4.69, 9.17) is 9.47 Å². The number of hydrogen-bond donors (Lipinski definition) is 1. The van der Waals surface area contributed by atoms with E-state index in [0.717, 1.165) is 11.4 Å². The van der Waals surface area contributed by atoms with Crippen LogP contribution in [0.4, 0.5) is 11.4 Å². The first-order chi connectivity index (χ1) is 9.24. The molecule has 0 spiro atoms. The summed E-state index contributed by atoms with van der Waals surface area (Å²) in [7, 11) is 2.87. The van der Waals surface area contributed by atoms with E-state index in [1.54, 1.807) is 12.1 Å². The van der Waals surface area contributed by atoms with Crippen LogP contribution in [-0.2, 0) is 4.74 Å². The van der Waals surface area contributed by atoms with Crippen molar-refractivity contribution >= 4 is 17.3 Å². The van der Waals surface area contributed by atoms with Gasteiger partial charge in [0, 0.05) is 17.4 Å². The molecule has 2 aromatic rings. The number of carbonyl (C=O) groups is 1. The molecule has 0 amide bonds. The lowest BCUT2D eigenvalue weighted by Crippen LogP contribution is -2.04. The summed E-state index contributed by atoms with van der Waals surface area (Å²) in [5.74, 6) is 0.0656. The maximum atomic E-state index is 11.5. The average Bonchev–Trinajstić information content (AvgIpc) is 2.47. The highest BCUT2D eigenvalue weighted by Gasteiger charge is 2.12. The van der Waals surface area contributed by atoms with Crippen LogP contribution in [0, 0.1) is 0 Å². The van der Waals surface area contributed by atoms with Crippen molar-refractivity contribution in [3.8, 4) is 5.75 Å². The predicted molar refractivity (Wildman–Crippen MR) is 74.1 cm³/mol. The molecule has 19 heavy (non-hydrogen) atoms. The molecule has 0 unspecified atom stereocenters. The molecular formula is C15H15NO3. The Hall–Kier alpha value is -2.49. The second-order valence-electron chi connectivity index (χ2n) is 3.90. The van der Waals surface area contributed by atoms with Crippen LogP contribution in [0.5, 0.6) is 5.75 Å². The topological polar surface area (TPSA) is 47.6 Å². The number of esters is 1. The molecule has 0 heterocycles. The third-order valence-corrected chi connectivity index (χ3v) is 2.67. The van der Waals surface area contributed by atoms with Gasteiger partial charge in [-0.2, -0.15) is 0 Å². The Bertz CT molecular complexity index is 567. The fraction of sp³-hybridized carbons (Fsp3) is 0.133. The maximum Gasteiger partial charge on any atom is 0.341 e. The van der Waals surface area contributed by atoms with E-state index in [1.165, 1.54) is 14.2 Å². The summed E-state index contributed by atoms with van der Waals surface area (Å²) in [4.78, 5) is 11.5. The van der Waals surface area contributed by atoms with E-state index in [1.807, 2.05) is 36.4 Å². The smallest absolute Gasteiger partial charge is 0.341 e. The lowest BCUT2D eigenvalue weighted by atomic mass is 10.1. The van der Waals surface area contributed by atoms with Gasteiger partial charge in [0.2, 0.25) is 0 Å². The molecule has 2 aromatic carbocycles. The Morgan fingerprint density at radius 2 is 1.74 bits per heavy atom. The molecule has 0 saturated heterocycles. The molecule has 0 bridgehead atoms. The number of benzene rings is 2. The fourth-order valence-electron chi connectivity index (χ4n) is 1.74. The molecule has 0 aromatic heterocycles. The van der Waals surface area contributed by atoms with Gasteiger partial charge in [-0.25, -0.2) is 4.79 Å². The number of carbonyl (C=O) groups excluding carboxylic acids is 1. The van der Waals surface area contributed by atoms with Gasteiger partial charge >= 0.3 is 5.97 Å². The zero-order valence-electron chi connectivity index (χ0n) is 10.8. The molecule has 0 radical (unpaired) electrons. The van der Waals surface area contributed by atoms with Gasteiger partial charge < -0.3 is 14.8 Å². The first-order valence-corrected chi connectivity index (χ1v) is 5.83. The van der Waals surface area contributed by atoms with Crippen molar-refractivity contribution in [2.45, 2.75) is 0 Å². The number of methoxy groups -OCH3 is 2. The van der Waals surface area contributed by atoms with Crippen LogP contribution in [-0.4, -0.2) is 20.2 Å². The minimum absolute atomic E-state index is 0.406. The second kappa shape index (κ2) is 5.91. The highest BCUT2D eigenvalue weighted by molar-refractivity contribution is 5.93. The standard InChI is InChI=1S/C15H15NO3/c1-18-14-10-12(8-9-13(14)15(17)19-2)16-11-6-4-3-5-7-11/h3-10,16H,1-2H3. The third kappa shape index (κ3) is 3.04. The summed E-state index contributed by atoms with van der Waals surface area (Å²) < 4.78 is 9.90. The summed E-state index contributed by atoms with van der Waals surface area (Å²) >= 11 is 0. The van der Waals surface area contributed by atoms with E-state index in [0.29, 0.717) is 11.3 Å². The van der Waals surface area contributed by atoms with Crippen LogP contribution in [0.3, 0.4) is 0 Å². The van der Waals surface area contributed by atoms with Crippen LogP contribution in [0.25, 0.3) is 0 Å². The van der Waals surface area contributed by atoms with Crippen LogP contribution >= 0.6 is 0 Å². The van der Waals surface area contributed by atoms with Crippen LogP contribution < -0.4 is 10.1 Å². The largest absolute Gasteiger partial charge is 0.496 e. The SMILES string of the molecule is COC(=O)c1ccc(Nc2ccccc2)cc1OC. The van der Waals surface area contributed by atoms with Gasteiger partial charge in [-0.05, 0) is 24.3 Å². The summed E-state index contributed by atoms with van der Waals surface area (Å²) in [5, 5.41) is 3.23. The van der Waals surface area contributed by atoms with Gasteiger partial charge in [-0.3, -0.25) is 0 Å². The van der Waals surface area contributed by atoms with Crippen molar-refractivity contribution in [2.24, 2.45) is 0 Å². The second-order valence-corrected chi connectivity index (χ2v) is 3.90. The van der Waals surface area contributed by atoms with Crippen LogP contribution in [0.2, 0.25) is 0 Å². The lowest BCUT2D eigenvalue weighted by Gasteiger charge is -2.11. The molecule has 4 heteroatoms. The zero-order chi connectivity index (χ0) is 13.7. The number of anilines is 2. The summed E-state index contributed by atoms with van der Waals surface area (Å²) in [6.07, 6.45) is 0. The number of nitrogens with one attached hydrogen (secondary N) is 1. The zero-order valence-corrected chi connectivity index (χ0v) is 10.8. The predicted octanol–water partition coefficient (Wildman–Crippen LogP) is 3.23. The van der Waals surface area contributed by atoms with E-state index in [-0.39, 0.29) is 0 Å². The molecule has 0 aliphatic carbocycles. The Morgan fingerprint density at radius 3 is 2.37 bits per heavy atom. The van der Waals surface area contributed by atoms with Crippen molar-refractivity contribution < 1.29 is 14.3 Å². The van der Waals surface area contributed by atoms with Gasteiger partial charge in [0.1, 0.15) is 11.3 Å². The van der Waals surface area contributed by atoms with E-state index in [9.17, 15) is 4.79 Å². The van der Waals surface area contributed by atoms with Crippen molar-refractivity contribution in [1.82, 2.24) is 0 Å². The number of rotatable bonds is 4. The monoisotopic (exact) mass is 257 g/mol. The molecule has 98 valence electrons. The first kappa shape index (κ1) is 13.0. The van der Waals surface area contributed by atoms with Crippen molar-refractivity contribution in [2.75, 3.05) is 19.5 Å². The summed E-state index contributed by atoms with van der Waals surface area (Å²) in [6, 6.07) is 15.0. The van der Waals surface area contributed by atoms with Crippen LogP contribution in [0.15, 0.2) is 48.5 Å². The maximum absolute atomic E-state index is 11.5. The van der Waals surface area contributed by atoms with E-state index in [2.05, 4.69) is 5.32 Å². The van der Waals surface area contributed by atoms with Crippen LogP contribution in [0.1, 0.15) is 10.4 Å². The molecule has 0 saturated carbocycles. The molecule has 0 aliphatic heterocycles. The Kier molecular flexibility index (Phi) is 4.03. The first-order valence-electron chi connectivity index (χ1n) is 5.83. The Labute approximate surface area is 112 Å². The molecule has 4 nitrogen and oxygen atoms in total. The van der Waals surface area contributed by atoms with Crippen molar-refractivity contribution in [1.29, 1.82) is 0 Å². The quantitative estimate of drug-likeness (QED) is 0.854. The number of ether oxygens (including phenoxy) is 2. The number of hydrogen-bond acceptors (Lipinski definition) is 4. The molecule has 0 fully saturated rings. The summed E-state index contributed by atoms with van der Waals surface area (Å²) in [5.41, 5.74) is 2.22. The molecule has 1 N–H and O–H groups in total. The van der Waals surface area contributed by atoms with Crippen molar-refractivity contribution in [3.63, 3.8) is 0 Å². The van der Waals surface area contributed by atoms with Gasteiger partial charge in [0.15, 0.2) is 0 Å². The van der Waals surface area contributed by atoms with Gasteiger partial charge in [-0.15, -0.1) is 0 Å². The lowest BCUT2D eigenvalue weighted by molar-refractivity contribution is 0.0597. The average molecular weight is 257 g/mol. The molecular weight excluding hydrogens is 242 g/mol. The minimum atomic E-state index is -0.414. The summed E-state index contributed by atoms with van der Waals surface area (Å²) in [6.45, 7) is 0. The van der Waals surface area contributed by atoms with E-state index < -0.39 is 5.97 Å². The van der Waals surface area contributed by atoms with E-state index >= 15 is 0 Å². The number of para-hydroxylation sites is 1. The Morgan fingerprint density at radius 1 is 1.00 bits per heavy atom. The fourth-order valence-corrected chi connectivity index (χ4v) is 1.74. The molecule has 0 aliphatic rings. The highest BCUT2D eigenvalue weighted by atomic mass is 16.5. The molecule has 2 rings (SSSR count). The van der Waals surface area contributed by atoms with Gasteiger partial charge in [-0.1, -0.05) is 18.2 Å².